The summed E-state index contributed by atoms with van der Waals surface area (Å²) in [5, 5.41) is 16.5. The van der Waals surface area contributed by atoms with Crippen LogP contribution in [0.3, 0.4) is 0 Å². The van der Waals surface area contributed by atoms with Crippen LogP contribution in [0.15, 0.2) is 23.0 Å². The zero-order valence-electron chi connectivity index (χ0n) is 20.3. The van der Waals surface area contributed by atoms with Gasteiger partial charge in [-0.1, -0.05) is 6.07 Å². The Balaban J connectivity index is 1.77. The van der Waals surface area contributed by atoms with E-state index in [0.717, 1.165) is 15.9 Å². The fourth-order valence-corrected chi connectivity index (χ4v) is 4.71. The molecule has 38 heavy (non-hydrogen) atoms. The van der Waals surface area contributed by atoms with Gasteiger partial charge in [-0.15, -0.1) is 11.3 Å². The van der Waals surface area contributed by atoms with Crippen LogP contribution in [0.2, 0.25) is 0 Å². The van der Waals surface area contributed by atoms with Gasteiger partial charge >= 0.3 is 6.18 Å². The number of nitrogens with one attached hydrogen (secondary N) is 3. The zero-order chi connectivity index (χ0) is 27.9. The molecule has 3 rings (SSSR count). The zero-order valence-corrected chi connectivity index (χ0v) is 21.1. The van der Waals surface area contributed by atoms with Gasteiger partial charge in [-0.3, -0.25) is 23.9 Å². The molecule has 1 saturated heterocycles. The van der Waals surface area contributed by atoms with Gasteiger partial charge in [0.15, 0.2) is 5.57 Å². The number of likely N-dealkylation sites (tertiary alicyclic amines) is 1. The third kappa shape index (κ3) is 7.86. The fourth-order valence-electron chi connectivity index (χ4n) is 3.63. The van der Waals surface area contributed by atoms with E-state index in [9.17, 15) is 37.2 Å². The van der Waals surface area contributed by atoms with Gasteiger partial charge in [-0.05, 0) is 31.9 Å². The first kappa shape index (κ1) is 28.8. The number of pyridine rings is 1. The molecular weight excluding hydrogens is 530 g/mol. The summed E-state index contributed by atoms with van der Waals surface area (Å²) in [6.45, 7) is 1.12. The van der Waals surface area contributed by atoms with Gasteiger partial charge in [-0.25, -0.2) is 9.37 Å². The number of hydrogen-bond acceptors (Lipinski definition) is 8. The Labute approximate surface area is 218 Å². The minimum absolute atomic E-state index is 0.0685. The first-order valence-corrected chi connectivity index (χ1v) is 12.4. The third-order valence-corrected chi connectivity index (χ3v) is 6.61. The maximum absolute atomic E-state index is 13.3. The van der Waals surface area contributed by atoms with E-state index in [4.69, 9.17) is 0 Å². The van der Waals surface area contributed by atoms with Gasteiger partial charge in [0.1, 0.15) is 39.6 Å². The number of aromatic nitrogens is 2. The van der Waals surface area contributed by atoms with Gasteiger partial charge in [-0.2, -0.15) is 18.4 Å². The molecule has 0 spiro atoms. The molecule has 3 N–H and O–H groups in total. The van der Waals surface area contributed by atoms with Crippen molar-refractivity contribution in [3.63, 3.8) is 0 Å². The van der Waals surface area contributed by atoms with Crippen molar-refractivity contribution >= 4 is 46.6 Å². The van der Waals surface area contributed by atoms with Gasteiger partial charge in [0.25, 0.3) is 11.5 Å². The summed E-state index contributed by atoms with van der Waals surface area (Å²) < 4.78 is 51.8. The highest BCUT2D eigenvalue weighted by molar-refractivity contribution is 7.07. The van der Waals surface area contributed by atoms with Crippen molar-refractivity contribution < 1.29 is 27.2 Å². The number of nitrogens with zero attached hydrogens (tertiary/aromatic N) is 4. The lowest BCUT2D eigenvalue weighted by molar-refractivity contribution is -0.135. The van der Waals surface area contributed by atoms with E-state index in [-0.39, 0.29) is 39.8 Å². The summed E-state index contributed by atoms with van der Waals surface area (Å²) in [6, 6.07) is 6.33. The lowest BCUT2D eigenvalue weighted by atomic mass is 10.1. The van der Waals surface area contributed by atoms with Crippen molar-refractivity contribution in [1.29, 1.82) is 5.26 Å². The molecule has 0 aromatic carbocycles. The number of alkyl halides is 4. The summed E-state index contributed by atoms with van der Waals surface area (Å²) in [5.41, 5.74) is -1.17. The van der Waals surface area contributed by atoms with E-state index in [1.54, 1.807) is 36.5 Å². The second kappa shape index (κ2) is 12.7. The molecule has 15 heteroatoms. The van der Waals surface area contributed by atoms with Crippen molar-refractivity contribution in [3.8, 4) is 6.07 Å². The molecule has 10 nitrogen and oxygen atoms in total. The normalized spacial score (nSPS) is 16.1. The predicted molar refractivity (Wildman–Crippen MR) is 133 cm³/mol. The summed E-state index contributed by atoms with van der Waals surface area (Å²) in [5.74, 6) is -1.04. The number of anilines is 2. The molecule has 204 valence electrons. The van der Waals surface area contributed by atoms with Crippen LogP contribution in [0.4, 0.5) is 29.2 Å². The SMILES string of the molecule is CCn1c(=C(C#N)C(=O)NCC(F)(F)F)sc(=CNc2cccc(NC(=O)CN3CCC(F)CC3)n2)c1=O. The lowest BCUT2D eigenvalue weighted by Crippen LogP contribution is -2.39. The molecule has 0 unspecified atom stereocenters. The minimum Gasteiger partial charge on any atom is -0.345 e. The first-order valence-electron chi connectivity index (χ1n) is 11.6. The summed E-state index contributed by atoms with van der Waals surface area (Å²) in [6.07, 6.45) is -3.44. The monoisotopic (exact) mass is 555 g/mol. The van der Waals surface area contributed by atoms with Crippen LogP contribution >= 0.6 is 11.3 Å². The van der Waals surface area contributed by atoms with Gasteiger partial charge in [0.05, 0.1) is 6.54 Å². The number of piperidine rings is 1. The van der Waals surface area contributed by atoms with Crippen LogP contribution < -0.4 is 30.7 Å². The summed E-state index contributed by atoms with van der Waals surface area (Å²) in [4.78, 5) is 43.4. The first-order chi connectivity index (χ1) is 18.0. The number of nitriles is 1. The molecule has 0 saturated carbocycles. The quantitative estimate of drug-likeness (QED) is 0.413. The van der Waals surface area contributed by atoms with Gasteiger partial charge < -0.3 is 16.0 Å². The smallest absolute Gasteiger partial charge is 0.345 e. The molecule has 1 aliphatic rings. The van der Waals surface area contributed by atoms with E-state index in [2.05, 4.69) is 15.6 Å². The van der Waals surface area contributed by atoms with E-state index in [0.29, 0.717) is 25.9 Å². The van der Waals surface area contributed by atoms with Crippen LogP contribution in [0.1, 0.15) is 19.8 Å². The van der Waals surface area contributed by atoms with Gasteiger partial charge in [0.2, 0.25) is 5.91 Å². The molecule has 2 amide bonds. The van der Waals surface area contributed by atoms with Crippen molar-refractivity contribution in [2.24, 2.45) is 0 Å². The van der Waals surface area contributed by atoms with Crippen molar-refractivity contribution in [3.05, 3.63) is 37.7 Å². The Morgan fingerprint density at radius 2 is 1.95 bits per heavy atom. The Bertz CT molecular complexity index is 1390. The van der Waals surface area contributed by atoms with E-state index >= 15 is 0 Å². The highest BCUT2D eigenvalue weighted by atomic mass is 32.1. The van der Waals surface area contributed by atoms with Gasteiger partial charge in [0, 0.05) is 25.8 Å². The molecule has 0 bridgehead atoms. The maximum atomic E-state index is 13.3. The standard InChI is InChI=1S/C23H25F4N7O3S/c1-2-34-21(37)16(38-22(34)15(10-28)20(36)30-13-23(25,26)27)11-29-17-4-3-5-18(31-17)32-19(35)12-33-8-6-14(24)7-9-33/h3-5,11,14H,2,6-9,12-13H2,1H3,(H,30,36)(H2,29,31,32,35). The predicted octanol–water partition coefficient (Wildman–Crippen LogP) is 0.900. The average molecular weight is 556 g/mol. The number of carbonyl (C=O) groups is 2. The lowest BCUT2D eigenvalue weighted by Gasteiger charge is -2.27. The van der Waals surface area contributed by atoms with Crippen molar-refractivity contribution in [2.75, 3.05) is 36.8 Å². The second-order valence-corrected chi connectivity index (χ2v) is 9.33. The van der Waals surface area contributed by atoms with Crippen LogP contribution in [0, 0.1) is 11.3 Å². The largest absolute Gasteiger partial charge is 0.405 e. The number of hydrogen-bond donors (Lipinski definition) is 3. The molecular formula is C23H25F4N7O3S. The highest BCUT2D eigenvalue weighted by Gasteiger charge is 2.29. The molecule has 1 aliphatic heterocycles. The Hall–Kier alpha value is -3.77. The minimum atomic E-state index is -4.66. The van der Waals surface area contributed by atoms with Crippen LogP contribution in [0.25, 0.3) is 11.8 Å². The number of halogens is 4. The third-order valence-electron chi connectivity index (χ3n) is 5.48. The number of rotatable bonds is 8. The molecule has 3 heterocycles. The van der Waals surface area contributed by atoms with E-state index in [1.165, 1.54) is 6.20 Å². The van der Waals surface area contributed by atoms with Crippen molar-refractivity contribution in [2.45, 2.75) is 38.7 Å². The Kier molecular flexibility index (Phi) is 9.59. The molecule has 0 radical (unpaired) electrons. The molecule has 2 aromatic rings. The summed E-state index contributed by atoms with van der Waals surface area (Å²) in [7, 11) is 0. The topological polar surface area (TPSA) is 132 Å². The van der Waals surface area contributed by atoms with Crippen LogP contribution in [-0.4, -0.2) is 64.8 Å². The molecule has 2 aromatic heterocycles. The van der Waals surface area contributed by atoms with E-state index in [1.807, 2.05) is 4.90 Å². The number of amides is 2. The van der Waals surface area contributed by atoms with Crippen LogP contribution in [-0.2, 0) is 16.1 Å². The molecule has 1 fully saturated rings. The second-order valence-electron chi connectivity index (χ2n) is 8.30. The Morgan fingerprint density at radius 3 is 2.58 bits per heavy atom. The molecule has 0 atom stereocenters. The Morgan fingerprint density at radius 1 is 1.26 bits per heavy atom. The summed E-state index contributed by atoms with van der Waals surface area (Å²) >= 11 is 0.760. The maximum Gasteiger partial charge on any atom is 0.405 e. The highest BCUT2D eigenvalue weighted by Crippen LogP contribution is 2.14. The van der Waals surface area contributed by atoms with Crippen LogP contribution in [0.5, 0.6) is 0 Å². The fraction of sp³-hybridized carbons (Fsp3) is 0.435. The number of thiazole rings is 1. The average Bonchev–Trinajstić information content (AvgIpc) is 3.18. The number of carbonyl (C=O) groups excluding carboxylic acids is 2. The molecule has 0 aliphatic carbocycles. The van der Waals surface area contributed by atoms with Crippen molar-refractivity contribution in [1.82, 2.24) is 19.8 Å². The van der Waals surface area contributed by atoms with E-state index < -0.39 is 35.9 Å².